The van der Waals surface area contributed by atoms with Crippen LogP contribution >= 0.6 is 11.6 Å². The van der Waals surface area contributed by atoms with Crippen LogP contribution in [0.25, 0.3) is 22.5 Å². The molecule has 4 aromatic rings. The number of phenols is 1. The van der Waals surface area contributed by atoms with Crippen molar-refractivity contribution in [1.29, 1.82) is 0 Å². The first-order valence-corrected chi connectivity index (χ1v) is 14.3. The molecule has 0 fully saturated rings. The third kappa shape index (κ3) is 7.34. The zero-order chi connectivity index (χ0) is 30.0. The van der Waals surface area contributed by atoms with Crippen molar-refractivity contribution in [2.24, 2.45) is 0 Å². The first-order valence-electron chi connectivity index (χ1n) is 12.5. The predicted octanol–water partition coefficient (Wildman–Crippen LogP) is 5.92. The number of aromatic hydroxyl groups is 1. The van der Waals surface area contributed by atoms with Crippen molar-refractivity contribution >= 4 is 27.6 Å². The van der Waals surface area contributed by atoms with E-state index < -0.39 is 21.8 Å². The van der Waals surface area contributed by atoms with Gasteiger partial charge in [-0.15, -0.1) is 0 Å². The Morgan fingerprint density at radius 1 is 1.02 bits per heavy atom. The molecule has 0 aliphatic heterocycles. The van der Waals surface area contributed by atoms with Crippen molar-refractivity contribution in [2.45, 2.75) is 43.8 Å². The fourth-order valence-corrected chi connectivity index (χ4v) is 4.97. The van der Waals surface area contributed by atoms with Gasteiger partial charge in [-0.05, 0) is 69.7 Å². The molecule has 0 atom stereocenters. The maximum atomic E-state index is 12.7. The summed E-state index contributed by atoms with van der Waals surface area (Å²) in [5, 5.41) is 18.2. The fourth-order valence-electron chi connectivity index (χ4n) is 3.77. The van der Waals surface area contributed by atoms with Crippen molar-refractivity contribution in [1.82, 2.24) is 24.5 Å². The molecule has 0 amide bonds. The Kier molecular flexibility index (Phi) is 8.62. The second-order valence-corrected chi connectivity index (χ2v) is 12.3. The minimum absolute atomic E-state index is 0.0403. The number of anilines is 1. The number of aromatic nitrogens is 4. The zero-order valence-electron chi connectivity index (χ0n) is 22.4. The molecule has 0 spiro atoms. The molecular weight excluding hydrogens is 581 g/mol. The molecule has 9 nitrogen and oxygen atoms in total. The van der Waals surface area contributed by atoms with Gasteiger partial charge in [-0.2, -0.15) is 18.3 Å². The van der Waals surface area contributed by atoms with E-state index in [1.165, 1.54) is 6.07 Å². The van der Waals surface area contributed by atoms with Crippen LogP contribution in [0, 0.1) is 0 Å². The van der Waals surface area contributed by atoms with Crippen molar-refractivity contribution in [3.8, 4) is 28.3 Å². The molecule has 0 saturated carbocycles. The van der Waals surface area contributed by atoms with E-state index in [1.54, 1.807) is 29.1 Å². The number of rotatable bonds is 9. The van der Waals surface area contributed by atoms with Crippen LogP contribution < -0.4 is 10.0 Å². The van der Waals surface area contributed by atoms with E-state index in [4.69, 9.17) is 16.7 Å². The molecule has 3 N–H and O–H groups in total. The van der Waals surface area contributed by atoms with E-state index in [1.807, 2.05) is 27.0 Å². The van der Waals surface area contributed by atoms with E-state index in [0.29, 0.717) is 41.4 Å². The van der Waals surface area contributed by atoms with E-state index in [9.17, 15) is 26.7 Å². The van der Waals surface area contributed by atoms with Crippen molar-refractivity contribution in [3.05, 3.63) is 71.5 Å². The summed E-state index contributed by atoms with van der Waals surface area (Å²) >= 11 is 5.99. The molecule has 0 saturated heterocycles. The highest BCUT2D eigenvalue weighted by Gasteiger charge is 2.30. The van der Waals surface area contributed by atoms with E-state index in [-0.39, 0.29) is 27.8 Å². The summed E-state index contributed by atoms with van der Waals surface area (Å²) in [4.78, 5) is 8.57. The maximum Gasteiger partial charge on any atom is 0.416 e. The number of sulfonamides is 1. The minimum Gasteiger partial charge on any atom is -0.506 e. The van der Waals surface area contributed by atoms with Crippen LogP contribution in [-0.2, 0) is 21.7 Å². The van der Waals surface area contributed by atoms with Crippen molar-refractivity contribution in [2.75, 3.05) is 18.4 Å². The van der Waals surface area contributed by atoms with Crippen LogP contribution in [0.4, 0.5) is 19.1 Å². The Morgan fingerprint density at radius 2 is 1.73 bits per heavy atom. The normalized spacial score (nSPS) is 12.5. The third-order valence-corrected chi connectivity index (χ3v) is 7.77. The van der Waals surface area contributed by atoms with Gasteiger partial charge in [-0.25, -0.2) is 23.1 Å². The number of hydrogen-bond acceptors (Lipinski definition) is 7. The average Bonchev–Trinajstić information content (AvgIpc) is 3.36. The first kappa shape index (κ1) is 30.3. The number of nitrogens with zero attached hydrogens (tertiary/aromatic N) is 4. The topological polar surface area (TPSA) is 122 Å². The number of alkyl halides is 3. The van der Waals surface area contributed by atoms with Gasteiger partial charge in [0.05, 0.1) is 26.7 Å². The van der Waals surface area contributed by atoms with Gasteiger partial charge >= 0.3 is 6.18 Å². The Labute approximate surface area is 240 Å². The van der Waals surface area contributed by atoms with Crippen LogP contribution in [0.5, 0.6) is 5.75 Å². The first-order chi connectivity index (χ1) is 19.1. The highest BCUT2D eigenvalue weighted by atomic mass is 35.5. The average molecular weight is 609 g/mol. The molecule has 2 aromatic carbocycles. The van der Waals surface area contributed by atoms with E-state index in [2.05, 4.69) is 20.0 Å². The molecule has 2 aromatic heterocycles. The smallest absolute Gasteiger partial charge is 0.416 e. The minimum atomic E-state index is -4.55. The van der Waals surface area contributed by atoms with Crippen LogP contribution in [-0.4, -0.2) is 46.4 Å². The molecular formula is C27H28ClF3N6O3S. The lowest BCUT2D eigenvalue weighted by atomic mass is 10.1. The third-order valence-electron chi connectivity index (χ3n) is 5.97. The monoisotopic (exact) mass is 608 g/mol. The van der Waals surface area contributed by atoms with Crippen molar-refractivity contribution < 1.29 is 26.7 Å². The quantitative estimate of drug-likeness (QED) is 0.202. The zero-order valence-corrected chi connectivity index (χ0v) is 23.9. The fraction of sp³-hybridized carbons (Fsp3) is 0.296. The number of halogens is 4. The lowest BCUT2D eigenvalue weighted by Crippen LogP contribution is -2.26. The summed E-state index contributed by atoms with van der Waals surface area (Å²) in [6.45, 7) is 6.37. The number of benzene rings is 2. The second kappa shape index (κ2) is 11.7. The number of hydrogen-bond donors (Lipinski definition) is 3. The highest BCUT2D eigenvalue weighted by Crippen LogP contribution is 2.35. The Bertz CT molecular complexity index is 1640. The van der Waals surface area contributed by atoms with Gasteiger partial charge in [-0.1, -0.05) is 17.7 Å². The van der Waals surface area contributed by atoms with Crippen LogP contribution in [0.1, 0.15) is 32.8 Å². The summed E-state index contributed by atoms with van der Waals surface area (Å²) in [5.74, 6) is 0.237. The summed E-state index contributed by atoms with van der Waals surface area (Å²) < 4.78 is 67.2. The number of phenolic OH excluding ortho intramolecular Hbond substituents is 1. The van der Waals surface area contributed by atoms with Gasteiger partial charge in [0.15, 0.2) is 0 Å². The molecule has 4 rings (SSSR count). The van der Waals surface area contributed by atoms with E-state index >= 15 is 0 Å². The lowest BCUT2D eigenvalue weighted by molar-refractivity contribution is -0.137. The molecule has 2 heterocycles. The molecule has 0 radical (unpaired) electrons. The van der Waals surface area contributed by atoms with Crippen LogP contribution in [0.2, 0.25) is 5.02 Å². The summed E-state index contributed by atoms with van der Waals surface area (Å²) in [7, 11) is -3.97. The second-order valence-electron chi connectivity index (χ2n) is 10.1. The van der Waals surface area contributed by atoms with Crippen LogP contribution in [0.15, 0.2) is 65.8 Å². The SMILES string of the molecule is CC(C)(C)n1cc(-c2ccnc(NCCCNS(=O)(=O)c3ccc(C(F)(F)F)cc3)n2)c(-c2ccc(Cl)c(O)c2)n1. The van der Waals surface area contributed by atoms with Gasteiger partial charge in [-0.3, -0.25) is 4.68 Å². The molecule has 0 aliphatic carbocycles. The number of nitrogens with one attached hydrogen (secondary N) is 2. The molecule has 0 aliphatic rings. The largest absolute Gasteiger partial charge is 0.506 e. The Hall–Kier alpha value is -3.68. The van der Waals surface area contributed by atoms with E-state index in [0.717, 1.165) is 24.3 Å². The van der Waals surface area contributed by atoms with Gasteiger partial charge in [0, 0.05) is 36.6 Å². The molecule has 0 unspecified atom stereocenters. The lowest BCUT2D eigenvalue weighted by Gasteiger charge is -2.18. The van der Waals surface area contributed by atoms with Crippen molar-refractivity contribution in [3.63, 3.8) is 0 Å². The van der Waals surface area contributed by atoms with Gasteiger partial charge < -0.3 is 10.4 Å². The van der Waals surface area contributed by atoms with Gasteiger partial charge in [0.1, 0.15) is 11.4 Å². The predicted molar refractivity (Wildman–Crippen MR) is 150 cm³/mol. The molecule has 0 bridgehead atoms. The summed E-state index contributed by atoms with van der Waals surface area (Å²) in [5.41, 5.74) is 1.27. The Balaban J connectivity index is 1.43. The molecule has 14 heteroatoms. The van der Waals surface area contributed by atoms with Gasteiger partial charge in [0.2, 0.25) is 16.0 Å². The maximum absolute atomic E-state index is 12.7. The highest BCUT2D eigenvalue weighted by molar-refractivity contribution is 7.89. The Morgan fingerprint density at radius 3 is 2.37 bits per heavy atom. The summed E-state index contributed by atoms with van der Waals surface area (Å²) in [6, 6.07) is 9.91. The molecule has 218 valence electrons. The van der Waals surface area contributed by atoms with Crippen LogP contribution in [0.3, 0.4) is 0 Å². The molecule has 41 heavy (non-hydrogen) atoms. The van der Waals surface area contributed by atoms with Gasteiger partial charge in [0.25, 0.3) is 0 Å². The standard InChI is InChI=1S/C27H28ClF3N6O3S/c1-26(2,3)37-16-20(24(36-37)17-5-10-21(28)23(38)15-17)22-11-14-33-25(35-22)32-12-4-13-34-41(39,40)19-8-6-18(7-9-19)27(29,30)31/h5-11,14-16,34,38H,4,12-13H2,1-3H3,(H,32,33,35). The summed E-state index contributed by atoms with van der Waals surface area (Å²) in [6.07, 6.45) is -0.752.